The smallest absolute Gasteiger partial charge is 0.241 e. The molecule has 2 aromatic rings. The van der Waals surface area contributed by atoms with E-state index in [1.54, 1.807) is 0 Å². The van der Waals surface area contributed by atoms with Crippen molar-refractivity contribution < 1.29 is 9.26 Å². The molecule has 1 aromatic carbocycles. The first kappa shape index (κ1) is 16.7. The second-order valence-corrected chi connectivity index (χ2v) is 7.09. The van der Waals surface area contributed by atoms with Crippen LogP contribution >= 0.6 is 0 Å². The minimum Gasteiger partial charge on any atom is -0.377 e. The Hall–Kier alpha value is -1.76. The third-order valence-corrected chi connectivity index (χ3v) is 5.09. The van der Waals surface area contributed by atoms with E-state index in [0.717, 1.165) is 51.4 Å². The maximum atomic E-state index is 5.74. The highest BCUT2D eigenvalue weighted by Gasteiger charge is 2.23. The van der Waals surface area contributed by atoms with Gasteiger partial charge >= 0.3 is 0 Å². The van der Waals surface area contributed by atoms with Crippen molar-refractivity contribution in [3.8, 4) is 11.4 Å². The van der Waals surface area contributed by atoms with Crippen molar-refractivity contribution in [1.29, 1.82) is 0 Å². The highest BCUT2D eigenvalue weighted by atomic mass is 16.5. The molecule has 0 saturated carbocycles. The SMILES string of the molecule is Cc1ccc(-c2noc(CN3CCN(CC4CCCO4)CC3)n2)cc1. The van der Waals surface area contributed by atoms with Gasteiger partial charge in [0.1, 0.15) is 0 Å². The fourth-order valence-electron chi connectivity index (χ4n) is 3.54. The van der Waals surface area contributed by atoms with E-state index < -0.39 is 0 Å². The predicted molar refractivity (Wildman–Crippen MR) is 95.2 cm³/mol. The van der Waals surface area contributed by atoms with E-state index in [-0.39, 0.29) is 0 Å². The van der Waals surface area contributed by atoms with Crippen LogP contribution in [0.5, 0.6) is 0 Å². The van der Waals surface area contributed by atoms with Gasteiger partial charge in [-0.3, -0.25) is 9.80 Å². The Labute approximate surface area is 148 Å². The fraction of sp³-hybridized carbons (Fsp3) is 0.579. The largest absolute Gasteiger partial charge is 0.377 e. The zero-order valence-electron chi connectivity index (χ0n) is 14.9. The van der Waals surface area contributed by atoms with E-state index in [4.69, 9.17) is 9.26 Å². The van der Waals surface area contributed by atoms with Gasteiger partial charge in [-0.25, -0.2) is 0 Å². The molecule has 0 aliphatic carbocycles. The highest BCUT2D eigenvalue weighted by molar-refractivity contribution is 5.54. The number of aryl methyl sites for hydroxylation is 1. The monoisotopic (exact) mass is 342 g/mol. The lowest BCUT2D eigenvalue weighted by Gasteiger charge is -2.34. The second-order valence-electron chi connectivity index (χ2n) is 7.09. The van der Waals surface area contributed by atoms with Crippen molar-refractivity contribution in [2.75, 3.05) is 39.3 Å². The lowest BCUT2D eigenvalue weighted by atomic mass is 10.1. The Morgan fingerprint density at radius 2 is 1.84 bits per heavy atom. The summed E-state index contributed by atoms with van der Waals surface area (Å²) in [5.41, 5.74) is 2.23. The van der Waals surface area contributed by atoms with Crippen LogP contribution in [0.3, 0.4) is 0 Å². The van der Waals surface area contributed by atoms with Gasteiger partial charge in [-0.1, -0.05) is 35.0 Å². The maximum Gasteiger partial charge on any atom is 0.241 e. The summed E-state index contributed by atoms with van der Waals surface area (Å²) in [5.74, 6) is 1.37. The topological polar surface area (TPSA) is 54.6 Å². The van der Waals surface area contributed by atoms with Crippen LogP contribution in [0, 0.1) is 6.92 Å². The van der Waals surface area contributed by atoms with Gasteiger partial charge in [-0.05, 0) is 19.8 Å². The molecule has 4 rings (SSSR count). The number of aromatic nitrogens is 2. The quantitative estimate of drug-likeness (QED) is 0.831. The standard InChI is InChI=1S/C19H26N4O2/c1-15-4-6-16(7-5-15)19-20-18(25-21-19)14-23-10-8-22(9-11-23)13-17-3-2-12-24-17/h4-7,17H,2-3,8-14H2,1H3. The Balaban J connectivity index is 1.28. The predicted octanol–water partition coefficient (Wildman–Crippen LogP) is 2.34. The van der Waals surface area contributed by atoms with Gasteiger partial charge in [0.2, 0.25) is 11.7 Å². The number of rotatable bonds is 5. The third-order valence-electron chi connectivity index (χ3n) is 5.09. The lowest BCUT2D eigenvalue weighted by Crippen LogP contribution is -2.48. The number of ether oxygens (including phenoxy) is 1. The van der Waals surface area contributed by atoms with Gasteiger partial charge in [-0.2, -0.15) is 4.98 Å². The zero-order chi connectivity index (χ0) is 17.1. The molecule has 2 saturated heterocycles. The fourth-order valence-corrected chi connectivity index (χ4v) is 3.54. The molecule has 0 radical (unpaired) electrons. The van der Waals surface area contributed by atoms with Crippen molar-refractivity contribution in [3.05, 3.63) is 35.7 Å². The Morgan fingerprint density at radius 1 is 1.08 bits per heavy atom. The van der Waals surface area contributed by atoms with Crippen molar-refractivity contribution in [1.82, 2.24) is 19.9 Å². The van der Waals surface area contributed by atoms with Crippen LogP contribution in [0.4, 0.5) is 0 Å². The molecule has 134 valence electrons. The van der Waals surface area contributed by atoms with Crippen LogP contribution in [0.1, 0.15) is 24.3 Å². The molecule has 3 heterocycles. The number of benzene rings is 1. The minimum absolute atomic E-state index is 0.444. The number of nitrogens with zero attached hydrogens (tertiary/aromatic N) is 4. The van der Waals surface area contributed by atoms with E-state index >= 15 is 0 Å². The van der Waals surface area contributed by atoms with Crippen LogP contribution in [0.15, 0.2) is 28.8 Å². The number of piperazine rings is 1. The molecule has 2 fully saturated rings. The first-order valence-electron chi connectivity index (χ1n) is 9.22. The van der Waals surface area contributed by atoms with Gasteiger partial charge < -0.3 is 9.26 Å². The average molecular weight is 342 g/mol. The zero-order valence-corrected chi connectivity index (χ0v) is 14.9. The van der Waals surface area contributed by atoms with Crippen molar-refractivity contribution in [2.45, 2.75) is 32.4 Å². The van der Waals surface area contributed by atoms with Crippen LogP contribution in [0.25, 0.3) is 11.4 Å². The Kier molecular flexibility index (Phi) is 5.10. The summed E-state index contributed by atoms with van der Waals surface area (Å²) < 4.78 is 11.2. The second kappa shape index (κ2) is 7.64. The molecule has 1 aromatic heterocycles. The molecule has 2 aliphatic heterocycles. The first-order chi connectivity index (χ1) is 12.3. The normalized spacial score (nSPS) is 22.5. The van der Waals surface area contributed by atoms with E-state index in [1.165, 1.54) is 18.4 Å². The summed E-state index contributed by atoms with van der Waals surface area (Å²) in [4.78, 5) is 9.45. The summed E-state index contributed by atoms with van der Waals surface area (Å²) in [6, 6.07) is 8.21. The van der Waals surface area contributed by atoms with E-state index in [9.17, 15) is 0 Å². The first-order valence-corrected chi connectivity index (χ1v) is 9.22. The molecular weight excluding hydrogens is 316 g/mol. The Morgan fingerprint density at radius 3 is 2.56 bits per heavy atom. The minimum atomic E-state index is 0.444. The molecule has 0 bridgehead atoms. The molecule has 6 heteroatoms. The van der Waals surface area contributed by atoms with E-state index in [0.29, 0.717) is 17.8 Å². The number of hydrogen-bond acceptors (Lipinski definition) is 6. The van der Waals surface area contributed by atoms with Crippen LogP contribution < -0.4 is 0 Å². The summed E-state index contributed by atoms with van der Waals surface area (Å²) in [6.45, 7) is 9.05. The van der Waals surface area contributed by atoms with E-state index in [1.807, 2.05) is 12.1 Å². The summed E-state index contributed by atoms with van der Waals surface area (Å²) in [7, 11) is 0. The molecule has 0 amide bonds. The van der Waals surface area contributed by atoms with Crippen LogP contribution in [-0.4, -0.2) is 65.4 Å². The number of hydrogen-bond donors (Lipinski definition) is 0. The molecular formula is C19H26N4O2. The molecule has 0 N–H and O–H groups in total. The van der Waals surface area contributed by atoms with Gasteiger partial charge in [0.15, 0.2) is 0 Å². The van der Waals surface area contributed by atoms with Crippen molar-refractivity contribution in [3.63, 3.8) is 0 Å². The molecule has 1 unspecified atom stereocenters. The molecule has 6 nitrogen and oxygen atoms in total. The lowest BCUT2D eigenvalue weighted by molar-refractivity contribution is 0.0468. The van der Waals surface area contributed by atoms with Crippen molar-refractivity contribution >= 4 is 0 Å². The Bertz CT molecular complexity index is 671. The van der Waals surface area contributed by atoms with Gasteiger partial charge in [-0.15, -0.1) is 0 Å². The average Bonchev–Trinajstić information content (AvgIpc) is 3.29. The van der Waals surface area contributed by atoms with Crippen molar-refractivity contribution in [2.24, 2.45) is 0 Å². The van der Waals surface area contributed by atoms with Crippen LogP contribution in [-0.2, 0) is 11.3 Å². The van der Waals surface area contributed by atoms with E-state index in [2.05, 4.69) is 39.0 Å². The highest BCUT2D eigenvalue weighted by Crippen LogP contribution is 2.18. The molecule has 25 heavy (non-hydrogen) atoms. The maximum absolute atomic E-state index is 5.74. The molecule has 0 spiro atoms. The molecule has 2 aliphatic rings. The molecule has 1 atom stereocenters. The van der Waals surface area contributed by atoms with Gasteiger partial charge in [0.05, 0.1) is 12.6 Å². The summed E-state index contributed by atoms with van der Waals surface area (Å²) in [6.07, 6.45) is 2.87. The third kappa shape index (κ3) is 4.26. The summed E-state index contributed by atoms with van der Waals surface area (Å²) in [5, 5.41) is 4.13. The van der Waals surface area contributed by atoms with Crippen LogP contribution in [0.2, 0.25) is 0 Å². The van der Waals surface area contributed by atoms with Gasteiger partial charge in [0.25, 0.3) is 0 Å². The van der Waals surface area contributed by atoms with Gasteiger partial charge in [0, 0.05) is 44.9 Å². The summed E-state index contributed by atoms with van der Waals surface area (Å²) >= 11 is 0.